The van der Waals surface area contributed by atoms with Gasteiger partial charge in [-0.05, 0) is 35.9 Å². The Morgan fingerprint density at radius 2 is 1.56 bits per heavy atom. The van der Waals surface area contributed by atoms with Crippen LogP contribution in [0.15, 0.2) is 42.5 Å². The molecule has 34 heavy (non-hydrogen) atoms. The van der Waals surface area contributed by atoms with Crippen LogP contribution in [0.1, 0.15) is 22.3 Å². The zero-order valence-electron chi connectivity index (χ0n) is 20.2. The maximum absolute atomic E-state index is 13.1. The maximum atomic E-state index is 13.1. The summed E-state index contributed by atoms with van der Waals surface area (Å²) < 4.78 is 21.3. The number of nitrogens with zero attached hydrogens (tertiary/aromatic N) is 2. The van der Waals surface area contributed by atoms with Crippen LogP contribution in [0.5, 0.6) is 23.0 Å². The number of ether oxygens (including phenoxy) is 4. The molecule has 0 aromatic heterocycles. The Balaban J connectivity index is 1.51. The van der Waals surface area contributed by atoms with Crippen molar-refractivity contribution in [1.82, 2.24) is 9.80 Å². The molecule has 1 heterocycles. The van der Waals surface area contributed by atoms with Gasteiger partial charge in [0.15, 0.2) is 17.3 Å². The fourth-order valence-electron chi connectivity index (χ4n) is 3.85. The first kappa shape index (κ1) is 25.1. The summed E-state index contributed by atoms with van der Waals surface area (Å²) in [7, 11) is 6.20. The summed E-state index contributed by atoms with van der Waals surface area (Å²) in [5, 5.41) is 0. The third kappa shape index (κ3) is 6.29. The molecule has 8 heteroatoms. The van der Waals surface area contributed by atoms with E-state index in [-0.39, 0.29) is 11.7 Å². The molecule has 0 spiro atoms. The third-order valence-electron chi connectivity index (χ3n) is 5.80. The summed E-state index contributed by atoms with van der Waals surface area (Å²) >= 11 is 0. The molecular weight excluding hydrogens is 436 g/mol. The van der Waals surface area contributed by atoms with Gasteiger partial charge in [-0.3, -0.25) is 14.5 Å². The van der Waals surface area contributed by atoms with Crippen molar-refractivity contribution in [1.29, 1.82) is 0 Å². The number of benzene rings is 2. The molecular formula is C26H32N2O6. The summed E-state index contributed by atoms with van der Waals surface area (Å²) in [5.41, 5.74) is 1.41. The van der Waals surface area contributed by atoms with E-state index in [0.29, 0.717) is 62.0 Å². The Hall–Kier alpha value is -3.52. The Morgan fingerprint density at radius 1 is 0.882 bits per heavy atom. The number of amides is 1. The van der Waals surface area contributed by atoms with E-state index in [9.17, 15) is 9.59 Å². The maximum Gasteiger partial charge on any atom is 0.254 e. The lowest BCUT2D eigenvalue weighted by molar-refractivity contribution is -0.114. The molecule has 2 aromatic rings. The van der Waals surface area contributed by atoms with Gasteiger partial charge in [-0.15, -0.1) is 0 Å². The molecule has 1 amide bonds. The molecule has 3 rings (SSSR count). The average Bonchev–Trinajstić information content (AvgIpc) is 2.89. The fourth-order valence-corrected chi connectivity index (χ4v) is 3.85. The SMILES string of the molecule is COc1cccc(/C=C/C(=O)CCN2CCN(C(=O)c3cc(OC)c(OC)c(OC)c3)CC2)c1. The molecule has 0 unspecified atom stereocenters. The monoisotopic (exact) mass is 468 g/mol. The number of carbonyl (C=O) groups excluding carboxylic acids is 2. The largest absolute Gasteiger partial charge is 0.497 e. The molecule has 8 nitrogen and oxygen atoms in total. The summed E-state index contributed by atoms with van der Waals surface area (Å²) in [6.45, 7) is 3.26. The molecule has 0 aliphatic carbocycles. The van der Waals surface area contributed by atoms with Gasteiger partial charge in [-0.1, -0.05) is 18.2 Å². The smallest absolute Gasteiger partial charge is 0.254 e. The minimum absolute atomic E-state index is 0.0683. The zero-order valence-corrected chi connectivity index (χ0v) is 20.2. The first-order valence-electron chi connectivity index (χ1n) is 11.2. The van der Waals surface area contributed by atoms with Gasteiger partial charge in [0.05, 0.1) is 28.4 Å². The molecule has 1 saturated heterocycles. The standard InChI is InChI=1S/C26H32N2O6/c1-31-22-7-5-6-19(16-22)8-9-21(29)10-11-27-12-14-28(15-13-27)26(30)20-17-23(32-2)25(34-4)24(18-20)33-3/h5-9,16-18H,10-15H2,1-4H3/b9-8+. The van der Waals surface area contributed by atoms with Crippen molar-refractivity contribution in [3.8, 4) is 23.0 Å². The highest BCUT2D eigenvalue weighted by Crippen LogP contribution is 2.38. The lowest BCUT2D eigenvalue weighted by Gasteiger charge is -2.34. The van der Waals surface area contributed by atoms with Gasteiger partial charge >= 0.3 is 0 Å². The minimum atomic E-state index is -0.0868. The molecule has 0 N–H and O–H groups in total. The summed E-state index contributed by atoms with van der Waals surface area (Å²) in [6, 6.07) is 10.9. The van der Waals surface area contributed by atoms with Crippen LogP contribution >= 0.6 is 0 Å². The Labute approximate surface area is 200 Å². The van der Waals surface area contributed by atoms with Crippen molar-refractivity contribution in [3.05, 3.63) is 53.6 Å². The number of carbonyl (C=O) groups is 2. The van der Waals surface area contributed by atoms with Crippen molar-refractivity contribution >= 4 is 17.8 Å². The van der Waals surface area contributed by atoms with Gasteiger partial charge in [0.1, 0.15) is 5.75 Å². The first-order valence-corrected chi connectivity index (χ1v) is 11.2. The minimum Gasteiger partial charge on any atom is -0.497 e. The summed E-state index contributed by atoms with van der Waals surface area (Å²) in [4.78, 5) is 29.4. The van der Waals surface area contributed by atoms with E-state index < -0.39 is 0 Å². The number of allylic oxidation sites excluding steroid dienone is 1. The number of ketones is 1. The van der Waals surface area contributed by atoms with Crippen molar-refractivity contribution in [3.63, 3.8) is 0 Å². The van der Waals surface area contributed by atoms with Gasteiger partial charge in [0.2, 0.25) is 5.75 Å². The van der Waals surface area contributed by atoms with Crippen LogP contribution in [-0.2, 0) is 4.79 Å². The first-order chi connectivity index (χ1) is 16.5. The van der Waals surface area contributed by atoms with E-state index in [1.165, 1.54) is 21.3 Å². The van der Waals surface area contributed by atoms with Gasteiger partial charge in [-0.2, -0.15) is 0 Å². The zero-order chi connectivity index (χ0) is 24.5. The molecule has 2 aromatic carbocycles. The van der Waals surface area contributed by atoms with Crippen LogP contribution in [-0.4, -0.2) is 82.7 Å². The van der Waals surface area contributed by atoms with Gasteiger partial charge < -0.3 is 23.8 Å². The normalized spacial score (nSPS) is 14.2. The number of methoxy groups -OCH3 is 4. The van der Waals surface area contributed by atoms with Crippen LogP contribution in [0, 0.1) is 0 Å². The number of rotatable bonds is 10. The average molecular weight is 469 g/mol. The Morgan fingerprint density at radius 3 is 2.15 bits per heavy atom. The summed E-state index contributed by atoms with van der Waals surface area (Å²) in [5.74, 6) is 2.09. The molecule has 1 aliphatic rings. The van der Waals surface area contributed by atoms with E-state index in [4.69, 9.17) is 18.9 Å². The van der Waals surface area contributed by atoms with E-state index in [2.05, 4.69) is 4.90 Å². The Bertz CT molecular complexity index is 1000. The number of piperazine rings is 1. The fraction of sp³-hybridized carbons (Fsp3) is 0.385. The predicted octanol–water partition coefficient (Wildman–Crippen LogP) is 3.15. The molecule has 0 atom stereocenters. The van der Waals surface area contributed by atoms with E-state index >= 15 is 0 Å². The highest BCUT2D eigenvalue weighted by atomic mass is 16.5. The van der Waals surface area contributed by atoms with E-state index in [1.807, 2.05) is 29.2 Å². The van der Waals surface area contributed by atoms with Crippen LogP contribution in [0.4, 0.5) is 0 Å². The van der Waals surface area contributed by atoms with E-state index in [0.717, 1.165) is 11.3 Å². The van der Waals surface area contributed by atoms with Crippen molar-refractivity contribution < 1.29 is 28.5 Å². The second kappa shape index (κ2) is 12.1. The molecule has 1 fully saturated rings. The summed E-state index contributed by atoms with van der Waals surface area (Å²) in [6.07, 6.45) is 3.85. The van der Waals surface area contributed by atoms with Crippen molar-refractivity contribution in [2.45, 2.75) is 6.42 Å². The Kier molecular flexibility index (Phi) is 8.93. The van der Waals surface area contributed by atoms with Crippen molar-refractivity contribution in [2.24, 2.45) is 0 Å². The molecule has 1 aliphatic heterocycles. The van der Waals surface area contributed by atoms with E-state index in [1.54, 1.807) is 31.4 Å². The molecule has 0 bridgehead atoms. The highest BCUT2D eigenvalue weighted by molar-refractivity contribution is 5.96. The van der Waals surface area contributed by atoms with Crippen LogP contribution in [0.3, 0.4) is 0 Å². The lowest BCUT2D eigenvalue weighted by Crippen LogP contribution is -2.49. The molecule has 182 valence electrons. The van der Waals surface area contributed by atoms with Gasteiger partial charge in [0.25, 0.3) is 5.91 Å². The molecule has 0 saturated carbocycles. The van der Waals surface area contributed by atoms with Crippen LogP contribution in [0.2, 0.25) is 0 Å². The third-order valence-corrected chi connectivity index (χ3v) is 5.80. The second-order valence-corrected chi connectivity index (χ2v) is 7.87. The topological polar surface area (TPSA) is 77.5 Å². The molecule has 0 radical (unpaired) electrons. The predicted molar refractivity (Wildman–Crippen MR) is 130 cm³/mol. The van der Waals surface area contributed by atoms with Gasteiger partial charge in [-0.25, -0.2) is 0 Å². The number of hydrogen-bond acceptors (Lipinski definition) is 7. The number of hydrogen-bond donors (Lipinski definition) is 0. The van der Waals surface area contributed by atoms with Crippen LogP contribution < -0.4 is 18.9 Å². The second-order valence-electron chi connectivity index (χ2n) is 7.87. The van der Waals surface area contributed by atoms with Crippen LogP contribution in [0.25, 0.3) is 6.08 Å². The van der Waals surface area contributed by atoms with Crippen molar-refractivity contribution in [2.75, 3.05) is 61.2 Å². The highest BCUT2D eigenvalue weighted by Gasteiger charge is 2.24. The lowest BCUT2D eigenvalue weighted by atomic mass is 10.1. The quantitative estimate of drug-likeness (QED) is 0.496. The van der Waals surface area contributed by atoms with Gasteiger partial charge in [0, 0.05) is 44.7 Å².